The molecule has 1 aromatic carbocycles. The first-order valence-electron chi connectivity index (χ1n) is 5.92. The largest absolute Gasteiger partial charge is 0.465 e. The summed E-state index contributed by atoms with van der Waals surface area (Å²) in [5.41, 5.74) is 0.740. The molecule has 1 heterocycles. The lowest BCUT2D eigenvalue weighted by molar-refractivity contribution is 0.0595. The number of esters is 1. The summed E-state index contributed by atoms with van der Waals surface area (Å²) in [5.74, 6) is -1.22. The van der Waals surface area contributed by atoms with Gasteiger partial charge in [-0.05, 0) is 45.8 Å². The Morgan fingerprint density at radius 1 is 1.35 bits per heavy atom. The second-order valence-corrected chi connectivity index (χ2v) is 6.66. The lowest BCUT2D eigenvalue weighted by Gasteiger charge is -2.06. The second kappa shape index (κ2) is 6.97. The molecule has 0 aliphatic carbocycles. The molecule has 0 radical (unpaired) electrons. The number of carbonyl (C=O) groups excluding carboxylic acids is 1. The zero-order chi connectivity index (χ0) is 14.5. The Bertz CT molecular complexity index is 615. The first-order valence-corrected chi connectivity index (χ1v) is 7.53. The first kappa shape index (κ1) is 15.2. The molecule has 1 N–H and O–H groups in total. The van der Waals surface area contributed by atoms with Gasteiger partial charge in [0.1, 0.15) is 5.82 Å². The monoisotopic (exact) mass is 357 g/mol. The molecule has 20 heavy (non-hydrogen) atoms. The average Bonchev–Trinajstić information content (AvgIpc) is 2.84. The van der Waals surface area contributed by atoms with Gasteiger partial charge in [0.2, 0.25) is 0 Å². The predicted molar refractivity (Wildman–Crippen MR) is 80.3 cm³/mol. The average molecular weight is 358 g/mol. The van der Waals surface area contributed by atoms with E-state index >= 15 is 0 Å². The molecular formula is C14H13BrFNO2S. The lowest BCUT2D eigenvalue weighted by atomic mass is 10.1. The summed E-state index contributed by atoms with van der Waals surface area (Å²) < 4.78 is 19.3. The van der Waals surface area contributed by atoms with Gasteiger partial charge in [0, 0.05) is 18.0 Å². The summed E-state index contributed by atoms with van der Waals surface area (Å²) in [6.07, 6.45) is 0. The Balaban J connectivity index is 1.93. The van der Waals surface area contributed by atoms with Gasteiger partial charge in [-0.15, -0.1) is 11.3 Å². The van der Waals surface area contributed by atoms with Gasteiger partial charge in [-0.3, -0.25) is 0 Å². The molecule has 6 heteroatoms. The number of methoxy groups -OCH3 is 1. The fourth-order valence-electron chi connectivity index (χ4n) is 1.72. The van der Waals surface area contributed by atoms with Crippen LogP contribution in [0.5, 0.6) is 0 Å². The lowest BCUT2D eigenvalue weighted by Crippen LogP contribution is -2.12. The minimum absolute atomic E-state index is 0.0431. The van der Waals surface area contributed by atoms with Gasteiger partial charge in [0.25, 0.3) is 0 Å². The van der Waals surface area contributed by atoms with Crippen molar-refractivity contribution in [3.05, 3.63) is 55.9 Å². The summed E-state index contributed by atoms with van der Waals surface area (Å²) in [4.78, 5) is 12.5. The number of halogens is 2. The molecule has 0 spiro atoms. The van der Waals surface area contributed by atoms with Crippen molar-refractivity contribution in [2.75, 3.05) is 7.11 Å². The highest BCUT2D eigenvalue weighted by molar-refractivity contribution is 9.11. The molecule has 0 saturated carbocycles. The van der Waals surface area contributed by atoms with Crippen LogP contribution in [0.25, 0.3) is 0 Å². The van der Waals surface area contributed by atoms with E-state index < -0.39 is 11.8 Å². The fourth-order valence-corrected chi connectivity index (χ4v) is 3.17. The number of hydrogen-bond donors (Lipinski definition) is 1. The van der Waals surface area contributed by atoms with Crippen LogP contribution in [0.2, 0.25) is 0 Å². The number of thiophene rings is 1. The summed E-state index contributed by atoms with van der Waals surface area (Å²) >= 11 is 5.06. The zero-order valence-corrected chi connectivity index (χ0v) is 13.2. The van der Waals surface area contributed by atoms with E-state index in [4.69, 9.17) is 0 Å². The van der Waals surface area contributed by atoms with Crippen LogP contribution in [0.3, 0.4) is 0 Å². The highest BCUT2D eigenvalue weighted by Gasteiger charge is 2.12. The van der Waals surface area contributed by atoms with Gasteiger partial charge in [0.05, 0.1) is 16.5 Å². The third-order valence-corrected chi connectivity index (χ3v) is 4.32. The van der Waals surface area contributed by atoms with E-state index in [9.17, 15) is 9.18 Å². The quantitative estimate of drug-likeness (QED) is 0.828. The van der Waals surface area contributed by atoms with E-state index in [1.807, 2.05) is 12.1 Å². The van der Waals surface area contributed by atoms with Crippen LogP contribution in [0.15, 0.2) is 34.1 Å². The molecule has 0 saturated heterocycles. The maximum Gasteiger partial charge on any atom is 0.340 e. The number of nitrogens with one attached hydrogen (secondary N) is 1. The molecule has 0 atom stereocenters. The van der Waals surface area contributed by atoms with Crippen LogP contribution in [0.4, 0.5) is 4.39 Å². The maximum absolute atomic E-state index is 13.7. The molecule has 3 nitrogen and oxygen atoms in total. The summed E-state index contributed by atoms with van der Waals surface area (Å²) in [6.45, 7) is 1.25. The Morgan fingerprint density at radius 3 is 2.75 bits per heavy atom. The minimum Gasteiger partial charge on any atom is -0.465 e. The normalized spacial score (nSPS) is 10.6. The Hall–Kier alpha value is -1.24. The molecule has 0 fully saturated rings. The molecule has 0 unspecified atom stereocenters. The molecule has 0 aliphatic rings. The number of hydrogen-bond acceptors (Lipinski definition) is 4. The van der Waals surface area contributed by atoms with E-state index in [0.717, 1.165) is 15.9 Å². The van der Waals surface area contributed by atoms with E-state index in [-0.39, 0.29) is 5.56 Å². The highest BCUT2D eigenvalue weighted by atomic mass is 79.9. The van der Waals surface area contributed by atoms with Crippen LogP contribution < -0.4 is 5.32 Å². The van der Waals surface area contributed by atoms with Crippen molar-refractivity contribution in [2.45, 2.75) is 13.1 Å². The standard InChI is InChI=1S/C14H13BrFNO2S/c1-19-14(18)11-4-2-9(6-12(11)16)7-17-8-10-3-5-13(15)20-10/h2-6,17H,7-8H2,1H3. The SMILES string of the molecule is COC(=O)c1ccc(CNCc2ccc(Br)s2)cc1F. The van der Waals surface area contributed by atoms with Crippen molar-refractivity contribution >= 4 is 33.2 Å². The van der Waals surface area contributed by atoms with Gasteiger partial charge in [0.15, 0.2) is 0 Å². The Morgan fingerprint density at radius 2 is 2.15 bits per heavy atom. The van der Waals surface area contributed by atoms with Crippen molar-refractivity contribution < 1.29 is 13.9 Å². The van der Waals surface area contributed by atoms with Crippen LogP contribution >= 0.6 is 27.3 Å². The van der Waals surface area contributed by atoms with Crippen LogP contribution in [0, 0.1) is 5.82 Å². The van der Waals surface area contributed by atoms with E-state index in [1.54, 1.807) is 17.4 Å². The molecule has 0 aliphatic heterocycles. The number of carbonyl (C=O) groups is 1. The van der Waals surface area contributed by atoms with E-state index in [1.165, 1.54) is 24.1 Å². The van der Waals surface area contributed by atoms with Gasteiger partial charge in [-0.25, -0.2) is 9.18 Å². The van der Waals surface area contributed by atoms with E-state index in [0.29, 0.717) is 6.54 Å². The van der Waals surface area contributed by atoms with Gasteiger partial charge in [-0.2, -0.15) is 0 Å². The van der Waals surface area contributed by atoms with Crippen LogP contribution in [-0.4, -0.2) is 13.1 Å². The topological polar surface area (TPSA) is 38.3 Å². The van der Waals surface area contributed by atoms with Gasteiger partial charge >= 0.3 is 5.97 Å². The fraction of sp³-hybridized carbons (Fsp3) is 0.214. The third-order valence-electron chi connectivity index (χ3n) is 2.70. The molecule has 0 bridgehead atoms. The molecule has 2 aromatic rings. The Kier molecular flexibility index (Phi) is 5.28. The third kappa shape index (κ3) is 3.88. The van der Waals surface area contributed by atoms with Crippen LogP contribution in [-0.2, 0) is 17.8 Å². The zero-order valence-electron chi connectivity index (χ0n) is 10.8. The van der Waals surface area contributed by atoms with Crippen molar-refractivity contribution in [2.24, 2.45) is 0 Å². The highest BCUT2D eigenvalue weighted by Crippen LogP contribution is 2.21. The van der Waals surface area contributed by atoms with Crippen molar-refractivity contribution in [3.8, 4) is 0 Å². The smallest absolute Gasteiger partial charge is 0.340 e. The molecular weight excluding hydrogens is 345 g/mol. The summed E-state index contributed by atoms with van der Waals surface area (Å²) in [5, 5.41) is 3.23. The summed E-state index contributed by atoms with van der Waals surface area (Å²) in [6, 6.07) is 8.53. The number of ether oxygens (including phenoxy) is 1. The maximum atomic E-state index is 13.7. The second-order valence-electron chi connectivity index (χ2n) is 4.12. The predicted octanol–water partition coefficient (Wildman–Crippen LogP) is 3.73. The van der Waals surface area contributed by atoms with Crippen molar-refractivity contribution in [1.82, 2.24) is 5.32 Å². The van der Waals surface area contributed by atoms with Gasteiger partial charge < -0.3 is 10.1 Å². The minimum atomic E-state index is -0.662. The van der Waals surface area contributed by atoms with Crippen molar-refractivity contribution in [1.29, 1.82) is 0 Å². The van der Waals surface area contributed by atoms with Crippen LogP contribution in [0.1, 0.15) is 20.8 Å². The molecule has 2 rings (SSSR count). The number of rotatable bonds is 5. The summed E-state index contributed by atoms with van der Waals surface area (Å²) in [7, 11) is 1.23. The first-order chi connectivity index (χ1) is 9.60. The van der Waals surface area contributed by atoms with Crippen molar-refractivity contribution in [3.63, 3.8) is 0 Å². The Labute approximate surface area is 128 Å². The van der Waals surface area contributed by atoms with E-state index in [2.05, 4.69) is 26.0 Å². The molecule has 1 aromatic heterocycles. The van der Waals surface area contributed by atoms with Gasteiger partial charge in [-0.1, -0.05) is 6.07 Å². The number of benzene rings is 1. The molecule has 0 amide bonds. The molecule has 106 valence electrons.